The Morgan fingerprint density at radius 2 is 1.09 bits per heavy atom. The van der Waals surface area contributed by atoms with Crippen LogP contribution in [0.1, 0.15) is 65.0 Å². The molecule has 18 heteroatoms. The highest BCUT2D eigenvalue weighted by Gasteiger charge is 2.52. The number of nitrogens with one attached hydrogen (secondary N) is 5. The summed E-state index contributed by atoms with van der Waals surface area (Å²) < 4.78 is 21.0. The van der Waals surface area contributed by atoms with Crippen LogP contribution < -0.4 is 10.6 Å². The molecule has 5 aromatic rings. The van der Waals surface area contributed by atoms with E-state index in [0.717, 1.165) is 44.7 Å². The molecule has 67 heavy (non-hydrogen) atoms. The molecule has 356 valence electrons. The van der Waals surface area contributed by atoms with Gasteiger partial charge in [-0.2, -0.15) is 0 Å². The van der Waals surface area contributed by atoms with Gasteiger partial charge in [0.25, 0.3) is 0 Å². The van der Waals surface area contributed by atoms with Gasteiger partial charge in [-0.3, -0.25) is 9.59 Å². The van der Waals surface area contributed by atoms with E-state index in [1.165, 1.54) is 14.2 Å². The summed E-state index contributed by atoms with van der Waals surface area (Å²) in [4.78, 5) is 81.9. The highest BCUT2D eigenvalue weighted by molar-refractivity contribution is 6.00. The number of carbonyl (C=O) groups excluding carboxylic acids is 4. The third-order valence-corrected chi connectivity index (χ3v) is 15.0. The monoisotopic (exact) mass is 918 g/mol. The molecule has 6 atom stereocenters. The molecule has 4 fully saturated rings. The summed E-state index contributed by atoms with van der Waals surface area (Å²) in [7, 11) is 2.62. The smallest absolute Gasteiger partial charge is 0.407 e. The SMILES string of the molecule is COC(=O)NC(C(=O)N(Cc1ncc(-c2ccc(-c3ccc(-c4cnc(CN(C(=O)C(NC(=O)OC)C5CCOCC5)C5C(C)C5C)[nH]4)c4nc[nH]c34)cc2)[nH]1)C1C(C)C1C)C1CCOCC1. The molecule has 4 amide bonds. The predicted octanol–water partition coefficient (Wildman–Crippen LogP) is 6.28. The topological polar surface area (TPSA) is 222 Å². The lowest BCUT2D eigenvalue weighted by atomic mass is 9.90. The first-order valence-corrected chi connectivity index (χ1v) is 23.6. The lowest BCUT2D eigenvalue weighted by Gasteiger charge is -2.34. The summed E-state index contributed by atoms with van der Waals surface area (Å²) in [6.07, 6.45) is 6.69. The van der Waals surface area contributed by atoms with Crippen LogP contribution in [-0.4, -0.2) is 129 Å². The second-order valence-corrected chi connectivity index (χ2v) is 18.8. The number of aromatic amines is 3. The molecule has 5 N–H and O–H groups in total. The first-order chi connectivity index (χ1) is 32.4. The summed E-state index contributed by atoms with van der Waals surface area (Å²) in [6, 6.07) is 10.9. The molecule has 0 radical (unpaired) electrons. The van der Waals surface area contributed by atoms with Gasteiger partial charge >= 0.3 is 12.2 Å². The first-order valence-electron chi connectivity index (χ1n) is 23.6. The van der Waals surface area contributed by atoms with Crippen LogP contribution in [0.5, 0.6) is 0 Å². The summed E-state index contributed by atoms with van der Waals surface area (Å²) in [5.41, 5.74) is 6.99. The van der Waals surface area contributed by atoms with Gasteiger partial charge in [-0.15, -0.1) is 0 Å². The zero-order chi connectivity index (χ0) is 46.9. The maximum absolute atomic E-state index is 14.4. The maximum Gasteiger partial charge on any atom is 0.407 e. The predicted molar refractivity (Wildman–Crippen MR) is 248 cm³/mol. The zero-order valence-corrected chi connectivity index (χ0v) is 39.0. The largest absolute Gasteiger partial charge is 0.453 e. The Morgan fingerprint density at radius 1 is 0.642 bits per heavy atom. The molecule has 2 aromatic carbocycles. The molecular formula is C49H62N10O8. The van der Waals surface area contributed by atoms with Crippen LogP contribution in [0.4, 0.5) is 9.59 Å². The van der Waals surface area contributed by atoms with Crippen molar-refractivity contribution in [2.75, 3.05) is 40.6 Å². The normalized spacial score (nSPS) is 23.8. The number of alkyl carbamates (subject to hydrolysis) is 2. The number of nitrogens with zero attached hydrogens (tertiary/aromatic N) is 5. The molecule has 0 bridgehead atoms. The van der Waals surface area contributed by atoms with Crippen molar-refractivity contribution in [3.63, 3.8) is 0 Å². The zero-order valence-electron chi connectivity index (χ0n) is 39.0. The number of methoxy groups -OCH3 is 2. The van der Waals surface area contributed by atoms with Crippen LogP contribution in [0.25, 0.3) is 44.7 Å². The summed E-state index contributed by atoms with van der Waals surface area (Å²) in [6.45, 7) is 11.3. The van der Waals surface area contributed by atoms with Crippen LogP contribution in [-0.2, 0) is 41.6 Å². The molecular weight excluding hydrogens is 857 g/mol. The molecule has 0 spiro atoms. The third kappa shape index (κ3) is 9.50. The van der Waals surface area contributed by atoms with Gasteiger partial charge in [-0.25, -0.2) is 24.5 Å². The van der Waals surface area contributed by atoms with Gasteiger partial charge in [0, 0.05) is 49.6 Å². The van der Waals surface area contributed by atoms with Crippen molar-refractivity contribution >= 4 is 35.0 Å². The van der Waals surface area contributed by atoms with E-state index < -0.39 is 24.3 Å². The van der Waals surface area contributed by atoms with E-state index in [4.69, 9.17) is 33.9 Å². The van der Waals surface area contributed by atoms with Gasteiger partial charge in [0.15, 0.2) is 0 Å². The molecule has 2 saturated heterocycles. The molecule has 9 rings (SSSR count). The fourth-order valence-corrected chi connectivity index (χ4v) is 10.5. The number of rotatable bonds is 15. The minimum atomic E-state index is -0.735. The minimum Gasteiger partial charge on any atom is -0.453 e. The van der Waals surface area contributed by atoms with Crippen molar-refractivity contribution in [2.45, 2.75) is 90.6 Å². The molecule has 2 aliphatic heterocycles. The first kappa shape index (κ1) is 45.9. The number of carbonyl (C=O) groups is 4. The van der Waals surface area contributed by atoms with E-state index in [-0.39, 0.29) is 48.8 Å². The Hall–Kier alpha value is -6.27. The van der Waals surface area contributed by atoms with E-state index in [1.54, 1.807) is 18.7 Å². The lowest BCUT2D eigenvalue weighted by Crippen LogP contribution is -2.54. The highest BCUT2D eigenvalue weighted by atomic mass is 16.5. The molecule has 5 heterocycles. The van der Waals surface area contributed by atoms with Gasteiger partial charge in [0.2, 0.25) is 11.8 Å². The fraction of sp³-hybridized carbons (Fsp3) is 0.531. The lowest BCUT2D eigenvalue weighted by molar-refractivity contribution is -0.138. The van der Waals surface area contributed by atoms with Gasteiger partial charge in [-0.05, 0) is 78.4 Å². The average Bonchev–Trinajstić information content (AvgIpc) is 3.80. The summed E-state index contributed by atoms with van der Waals surface area (Å²) in [5, 5.41) is 5.69. The Balaban J connectivity index is 0.907. The molecule has 18 nitrogen and oxygen atoms in total. The highest BCUT2D eigenvalue weighted by Crippen LogP contribution is 2.45. The van der Waals surface area contributed by atoms with E-state index in [2.05, 4.69) is 71.5 Å². The second-order valence-electron chi connectivity index (χ2n) is 18.8. The van der Waals surface area contributed by atoms with Crippen molar-refractivity contribution < 1.29 is 38.1 Å². The number of amides is 4. The fourth-order valence-electron chi connectivity index (χ4n) is 10.5. The van der Waals surface area contributed by atoms with Crippen LogP contribution in [0.2, 0.25) is 0 Å². The van der Waals surface area contributed by atoms with Crippen molar-refractivity contribution in [2.24, 2.45) is 35.5 Å². The quantitative estimate of drug-likeness (QED) is 0.0787. The number of benzene rings is 2. The van der Waals surface area contributed by atoms with Crippen LogP contribution in [0, 0.1) is 35.5 Å². The third-order valence-electron chi connectivity index (χ3n) is 15.0. The molecule has 4 aliphatic rings. The van der Waals surface area contributed by atoms with Gasteiger partial charge in [0.05, 0.1) is 68.5 Å². The van der Waals surface area contributed by atoms with Crippen molar-refractivity contribution in [1.82, 2.24) is 50.3 Å². The Kier molecular flexibility index (Phi) is 13.4. The summed E-state index contributed by atoms with van der Waals surface area (Å²) in [5.74, 6) is 2.14. The van der Waals surface area contributed by atoms with E-state index >= 15 is 0 Å². The molecule has 2 aliphatic carbocycles. The Labute approximate surface area is 389 Å². The van der Waals surface area contributed by atoms with Crippen LogP contribution in [0.3, 0.4) is 0 Å². The van der Waals surface area contributed by atoms with Crippen LogP contribution in [0.15, 0.2) is 55.1 Å². The number of H-pyrrole nitrogens is 3. The Bertz CT molecular complexity index is 2540. The number of fused-ring (bicyclic) bond motifs is 1. The van der Waals surface area contributed by atoms with Crippen molar-refractivity contribution in [1.29, 1.82) is 0 Å². The number of imidazole rings is 3. The molecule has 6 unspecified atom stereocenters. The summed E-state index contributed by atoms with van der Waals surface area (Å²) >= 11 is 0. The standard InChI is InChI=1S/C49H62N10O8/c1-26-27(2)44(26)58(46(60)40(56-48(62)64-5)32-13-17-66-18-14-32)23-38-50-21-36(54-38)31-9-7-30(8-10-31)34-11-12-35(43-42(34)52-25-53-43)37-22-51-39(55-37)24-59(45-28(3)29(45)4)47(61)41(57-49(63)65-6)33-15-19-67-20-16-33/h7-12,21-22,25-29,32-33,40-41,44-45H,13-20,23-24H2,1-6H3,(H,50,54)(H,51,55)(H,52,53)(H,56,62)(H,57,63). The number of aromatic nitrogens is 6. The average molecular weight is 919 g/mol. The van der Waals surface area contributed by atoms with Crippen molar-refractivity contribution in [3.05, 3.63) is 66.8 Å². The number of hydrogen-bond donors (Lipinski definition) is 5. The van der Waals surface area contributed by atoms with Gasteiger partial charge < -0.3 is 54.3 Å². The van der Waals surface area contributed by atoms with Crippen molar-refractivity contribution in [3.8, 4) is 33.6 Å². The Morgan fingerprint density at radius 3 is 1.57 bits per heavy atom. The number of hydrogen-bond acceptors (Lipinski definition) is 11. The van der Waals surface area contributed by atoms with E-state index in [1.807, 2.05) is 28.0 Å². The van der Waals surface area contributed by atoms with E-state index in [0.29, 0.717) is 87.4 Å². The van der Waals surface area contributed by atoms with Gasteiger partial charge in [-0.1, -0.05) is 58.0 Å². The molecule has 3 aromatic heterocycles. The second kappa shape index (κ2) is 19.5. The van der Waals surface area contributed by atoms with Crippen LogP contribution >= 0.6 is 0 Å². The van der Waals surface area contributed by atoms with E-state index in [9.17, 15) is 19.2 Å². The van der Waals surface area contributed by atoms with Gasteiger partial charge in [0.1, 0.15) is 23.7 Å². The number of ether oxygens (including phenoxy) is 4. The molecule has 2 saturated carbocycles. The minimum absolute atomic E-state index is 0.0154. The maximum atomic E-state index is 14.4.